The van der Waals surface area contributed by atoms with E-state index in [0.29, 0.717) is 25.0 Å². The van der Waals surface area contributed by atoms with E-state index in [9.17, 15) is 9.90 Å². The number of nitrogens with zero attached hydrogens (tertiary/aromatic N) is 2. The fourth-order valence-electron chi connectivity index (χ4n) is 4.57. The molecular weight excluding hydrogens is 252 g/mol. The van der Waals surface area contributed by atoms with Crippen molar-refractivity contribution in [3.8, 4) is 0 Å². The predicted molar refractivity (Wildman–Crippen MR) is 78.4 cm³/mol. The van der Waals surface area contributed by atoms with Crippen molar-refractivity contribution in [1.29, 1.82) is 0 Å². The van der Waals surface area contributed by atoms with Gasteiger partial charge in [0.1, 0.15) is 0 Å². The minimum atomic E-state index is -0.389. The van der Waals surface area contributed by atoms with Crippen LogP contribution < -0.4 is 0 Å². The molecule has 1 N–H and O–H groups in total. The summed E-state index contributed by atoms with van der Waals surface area (Å²) >= 11 is 0. The number of likely N-dealkylation sites (tertiary alicyclic amines) is 2. The zero-order valence-corrected chi connectivity index (χ0v) is 12.6. The van der Waals surface area contributed by atoms with Crippen LogP contribution in [0, 0.1) is 5.92 Å². The molecule has 0 bridgehead atoms. The van der Waals surface area contributed by atoms with Gasteiger partial charge < -0.3 is 10.0 Å². The second-order valence-corrected chi connectivity index (χ2v) is 6.99. The molecule has 4 heteroatoms. The van der Waals surface area contributed by atoms with E-state index in [-0.39, 0.29) is 12.0 Å². The lowest BCUT2D eigenvalue weighted by Gasteiger charge is -2.35. The Hall–Kier alpha value is -0.610. The number of aliphatic hydroxyl groups is 1. The highest BCUT2D eigenvalue weighted by atomic mass is 16.3. The van der Waals surface area contributed by atoms with Crippen molar-refractivity contribution in [3.63, 3.8) is 0 Å². The predicted octanol–water partition coefficient (Wildman–Crippen LogP) is 1.62. The first-order valence-corrected chi connectivity index (χ1v) is 8.36. The van der Waals surface area contributed by atoms with E-state index in [0.717, 1.165) is 25.4 Å². The van der Waals surface area contributed by atoms with Crippen LogP contribution in [0.1, 0.15) is 51.9 Å². The summed E-state index contributed by atoms with van der Waals surface area (Å²) in [6, 6.07) is 1.27. The standard InChI is InChI=1S/C16H28N2O2/c1-12-9-13-5-2-3-6-15(13)18(12)11-14(19)10-17-8-4-7-16(17)20/h12-15,19H,2-11H2,1H3. The second kappa shape index (κ2) is 6.02. The van der Waals surface area contributed by atoms with Gasteiger partial charge in [-0.3, -0.25) is 9.69 Å². The van der Waals surface area contributed by atoms with Gasteiger partial charge >= 0.3 is 0 Å². The third-order valence-electron chi connectivity index (χ3n) is 5.53. The Balaban J connectivity index is 1.54. The van der Waals surface area contributed by atoms with E-state index in [1.54, 1.807) is 0 Å². The van der Waals surface area contributed by atoms with Crippen LogP contribution in [-0.2, 0) is 4.79 Å². The summed E-state index contributed by atoms with van der Waals surface area (Å²) in [7, 11) is 0. The van der Waals surface area contributed by atoms with Gasteiger partial charge in [-0.1, -0.05) is 12.8 Å². The smallest absolute Gasteiger partial charge is 0.222 e. The van der Waals surface area contributed by atoms with Crippen molar-refractivity contribution >= 4 is 5.91 Å². The summed E-state index contributed by atoms with van der Waals surface area (Å²) in [6.07, 6.45) is 7.91. The Morgan fingerprint density at radius 3 is 2.80 bits per heavy atom. The van der Waals surface area contributed by atoms with Crippen LogP contribution in [0.5, 0.6) is 0 Å². The molecule has 1 saturated carbocycles. The highest BCUT2D eigenvalue weighted by Crippen LogP contribution is 2.39. The summed E-state index contributed by atoms with van der Waals surface area (Å²) in [5.74, 6) is 1.06. The van der Waals surface area contributed by atoms with Crippen LogP contribution in [0.15, 0.2) is 0 Å². The van der Waals surface area contributed by atoms with Gasteiger partial charge in [-0.05, 0) is 38.5 Å². The zero-order valence-electron chi connectivity index (χ0n) is 12.6. The van der Waals surface area contributed by atoms with Gasteiger partial charge in [0.05, 0.1) is 6.10 Å². The van der Waals surface area contributed by atoms with Crippen LogP contribution in [-0.4, -0.2) is 58.6 Å². The molecule has 3 aliphatic rings. The van der Waals surface area contributed by atoms with E-state index < -0.39 is 0 Å². The minimum Gasteiger partial charge on any atom is -0.390 e. The topological polar surface area (TPSA) is 43.8 Å². The first-order valence-electron chi connectivity index (χ1n) is 8.36. The van der Waals surface area contributed by atoms with Crippen molar-refractivity contribution in [2.24, 2.45) is 5.92 Å². The van der Waals surface area contributed by atoms with Gasteiger partial charge in [-0.25, -0.2) is 0 Å². The molecule has 20 heavy (non-hydrogen) atoms. The number of carbonyl (C=O) groups excluding carboxylic acids is 1. The Labute approximate surface area is 122 Å². The molecule has 1 aliphatic carbocycles. The molecule has 4 unspecified atom stereocenters. The lowest BCUT2D eigenvalue weighted by molar-refractivity contribution is -0.129. The molecule has 0 radical (unpaired) electrons. The number of rotatable bonds is 4. The van der Waals surface area contributed by atoms with Crippen molar-refractivity contribution in [2.75, 3.05) is 19.6 Å². The fraction of sp³-hybridized carbons (Fsp3) is 0.938. The highest BCUT2D eigenvalue weighted by molar-refractivity contribution is 5.78. The number of fused-ring (bicyclic) bond motifs is 1. The maximum absolute atomic E-state index is 11.6. The average molecular weight is 280 g/mol. The number of hydrogen-bond acceptors (Lipinski definition) is 3. The molecule has 2 saturated heterocycles. The van der Waals surface area contributed by atoms with Crippen LogP contribution in [0.4, 0.5) is 0 Å². The van der Waals surface area contributed by atoms with Gasteiger partial charge in [0.25, 0.3) is 0 Å². The third-order valence-corrected chi connectivity index (χ3v) is 5.53. The lowest BCUT2D eigenvalue weighted by atomic mass is 9.85. The first kappa shape index (κ1) is 14.3. The normalized spacial score (nSPS) is 36.4. The van der Waals surface area contributed by atoms with E-state index in [2.05, 4.69) is 11.8 Å². The van der Waals surface area contributed by atoms with Gasteiger partial charge in [-0.2, -0.15) is 0 Å². The molecule has 3 rings (SSSR count). The highest BCUT2D eigenvalue weighted by Gasteiger charge is 2.40. The fourth-order valence-corrected chi connectivity index (χ4v) is 4.57. The monoisotopic (exact) mass is 280 g/mol. The maximum atomic E-state index is 11.6. The van der Waals surface area contributed by atoms with Crippen molar-refractivity contribution < 1.29 is 9.90 Å². The van der Waals surface area contributed by atoms with Crippen LogP contribution >= 0.6 is 0 Å². The Kier molecular flexibility index (Phi) is 4.32. The quantitative estimate of drug-likeness (QED) is 0.851. The largest absolute Gasteiger partial charge is 0.390 e. The van der Waals surface area contributed by atoms with E-state index in [4.69, 9.17) is 0 Å². The maximum Gasteiger partial charge on any atom is 0.222 e. The van der Waals surface area contributed by atoms with Gasteiger partial charge in [0.15, 0.2) is 0 Å². The Morgan fingerprint density at radius 1 is 1.25 bits per heavy atom. The summed E-state index contributed by atoms with van der Waals surface area (Å²) in [5, 5.41) is 10.4. The Morgan fingerprint density at radius 2 is 2.05 bits per heavy atom. The summed E-state index contributed by atoms with van der Waals surface area (Å²) in [5.41, 5.74) is 0. The van der Waals surface area contributed by atoms with Crippen LogP contribution in [0.3, 0.4) is 0 Å². The molecular formula is C16H28N2O2. The van der Waals surface area contributed by atoms with E-state index >= 15 is 0 Å². The molecule has 0 spiro atoms. The van der Waals surface area contributed by atoms with E-state index in [1.807, 2.05) is 4.90 Å². The van der Waals surface area contributed by atoms with Crippen molar-refractivity contribution in [1.82, 2.24) is 9.80 Å². The van der Waals surface area contributed by atoms with Crippen LogP contribution in [0.25, 0.3) is 0 Å². The molecule has 2 aliphatic heterocycles. The van der Waals surface area contributed by atoms with E-state index in [1.165, 1.54) is 32.1 Å². The number of hydrogen-bond donors (Lipinski definition) is 1. The molecule has 4 atom stereocenters. The Bertz CT molecular complexity index is 360. The molecule has 0 aromatic carbocycles. The van der Waals surface area contributed by atoms with Crippen LogP contribution in [0.2, 0.25) is 0 Å². The summed E-state index contributed by atoms with van der Waals surface area (Å²) < 4.78 is 0. The molecule has 4 nitrogen and oxygen atoms in total. The second-order valence-electron chi connectivity index (χ2n) is 6.99. The minimum absolute atomic E-state index is 0.217. The summed E-state index contributed by atoms with van der Waals surface area (Å²) in [4.78, 5) is 16.0. The van der Waals surface area contributed by atoms with Gasteiger partial charge in [-0.15, -0.1) is 0 Å². The lowest BCUT2D eigenvalue weighted by Crippen LogP contribution is -2.46. The molecule has 3 fully saturated rings. The average Bonchev–Trinajstić information content (AvgIpc) is 2.95. The number of carbonyl (C=O) groups is 1. The number of amides is 1. The number of aliphatic hydroxyl groups excluding tert-OH is 1. The first-order chi connectivity index (χ1) is 9.65. The van der Waals surface area contributed by atoms with Gasteiger partial charge in [0, 0.05) is 38.1 Å². The third kappa shape index (κ3) is 2.86. The van der Waals surface area contributed by atoms with Gasteiger partial charge in [0.2, 0.25) is 5.91 Å². The molecule has 1 amide bonds. The molecule has 114 valence electrons. The zero-order chi connectivity index (χ0) is 14.1. The van der Waals surface area contributed by atoms with Crippen molar-refractivity contribution in [2.45, 2.75) is 70.1 Å². The number of β-amino-alcohol motifs (C(OH)–C–C–N with tert-alkyl or cyclic N) is 1. The summed E-state index contributed by atoms with van der Waals surface area (Å²) in [6.45, 7) is 4.40. The van der Waals surface area contributed by atoms with Crippen molar-refractivity contribution in [3.05, 3.63) is 0 Å². The molecule has 2 heterocycles. The SMILES string of the molecule is CC1CC2CCCCC2N1CC(O)CN1CCCC1=O. The molecule has 0 aromatic heterocycles. The molecule has 0 aromatic rings.